The van der Waals surface area contributed by atoms with Crippen molar-refractivity contribution in [2.45, 2.75) is 6.18 Å². The summed E-state index contributed by atoms with van der Waals surface area (Å²) < 4.78 is 46.7. The van der Waals surface area contributed by atoms with Gasteiger partial charge < -0.3 is 4.74 Å². The average Bonchev–Trinajstić information content (AvgIpc) is 3.18. The minimum atomic E-state index is -4.67. The van der Waals surface area contributed by atoms with E-state index >= 15 is 0 Å². The molecule has 128 valence electrons. The van der Waals surface area contributed by atoms with Crippen LogP contribution in [0.15, 0.2) is 36.5 Å². The van der Waals surface area contributed by atoms with E-state index < -0.39 is 12.0 Å². The Morgan fingerprint density at radius 2 is 1.96 bits per heavy atom. The molecule has 3 heterocycles. The van der Waals surface area contributed by atoms with Gasteiger partial charge in [-0.2, -0.15) is 22.8 Å². The molecule has 0 saturated heterocycles. The van der Waals surface area contributed by atoms with Gasteiger partial charge in [0.15, 0.2) is 17.2 Å². The zero-order chi connectivity index (χ0) is 17.8. The molecule has 0 aliphatic carbocycles. The number of para-hydroxylation sites is 1. The molecule has 3 aromatic heterocycles. The van der Waals surface area contributed by atoms with Crippen LogP contribution >= 0.6 is 11.6 Å². The molecule has 0 amide bonds. The maximum absolute atomic E-state index is 13.0. The lowest BCUT2D eigenvalue weighted by molar-refractivity contribution is -0.144. The molecule has 4 aromatic rings. The molecule has 6 nitrogen and oxygen atoms in total. The first-order valence-electron chi connectivity index (χ1n) is 7.04. The molecule has 0 N–H and O–H groups in total. The van der Waals surface area contributed by atoms with E-state index in [1.807, 2.05) is 0 Å². The predicted molar refractivity (Wildman–Crippen MR) is 84.2 cm³/mol. The third-order valence-electron chi connectivity index (χ3n) is 3.65. The third kappa shape index (κ3) is 2.39. The van der Waals surface area contributed by atoms with Crippen LogP contribution in [0.4, 0.5) is 13.2 Å². The lowest BCUT2D eigenvalue weighted by Gasteiger charge is -2.11. The largest absolute Gasteiger partial charge is 0.493 e. The highest BCUT2D eigenvalue weighted by molar-refractivity contribution is 6.35. The van der Waals surface area contributed by atoms with Crippen LogP contribution in [-0.4, -0.2) is 31.5 Å². The number of rotatable bonds is 2. The fourth-order valence-corrected chi connectivity index (χ4v) is 2.85. The van der Waals surface area contributed by atoms with Crippen molar-refractivity contribution in [2.75, 3.05) is 7.11 Å². The van der Waals surface area contributed by atoms with Crippen LogP contribution in [0.3, 0.4) is 0 Å². The van der Waals surface area contributed by atoms with E-state index in [0.717, 1.165) is 9.90 Å². The first kappa shape index (κ1) is 15.7. The number of nitrogens with zero attached hydrogens (tertiary/aromatic N) is 5. The summed E-state index contributed by atoms with van der Waals surface area (Å²) in [6, 6.07) is 8.10. The van der Waals surface area contributed by atoms with Crippen molar-refractivity contribution >= 4 is 28.2 Å². The fraction of sp³-hybridized carbons (Fsp3) is 0.133. The summed E-state index contributed by atoms with van der Waals surface area (Å²) in [5, 5.41) is 8.94. The van der Waals surface area contributed by atoms with Gasteiger partial charge in [-0.25, -0.2) is 9.67 Å². The Balaban J connectivity index is 2.10. The molecule has 0 bridgehead atoms. The second-order valence-electron chi connectivity index (χ2n) is 5.16. The smallest absolute Gasteiger partial charge is 0.453 e. The summed E-state index contributed by atoms with van der Waals surface area (Å²) in [5.41, 5.74) is 0.540. The van der Waals surface area contributed by atoms with Crippen LogP contribution in [0.25, 0.3) is 22.4 Å². The van der Waals surface area contributed by atoms with Crippen molar-refractivity contribution in [1.82, 2.24) is 24.4 Å². The molecule has 4 rings (SSSR count). The number of ether oxygens (including phenoxy) is 1. The first-order chi connectivity index (χ1) is 11.9. The number of alkyl halides is 3. The molecule has 0 fully saturated rings. The van der Waals surface area contributed by atoms with Crippen molar-refractivity contribution in [2.24, 2.45) is 0 Å². The maximum atomic E-state index is 13.0. The molecule has 10 heteroatoms. The maximum Gasteiger partial charge on any atom is 0.453 e. The number of benzene rings is 1. The van der Waals surface area contributed by atoms with E-state index in [4.69, 9.17) is 16.3 Å². The number of halogens is 4. The molecule has 1 aromatic carbocycles. The van der Waals surface area contributed by atoms with Crippen LogP contribution in [0.1, 0.15) is 5.82 Å². The Morgan fingerprint density at radius 1 is 1.16 bits per heavy atom. The molecule has 0 aliphatic heterocycles. The summed E-state index contributed by atoms with van der Waals surface area (Å²) in [7, 11) is 1.40. The molecule has 0 aliphatic rings. The third-order valence-corrected chi connectivity index (χ3v) is 3.96. The van der Waals surface area contributed by atoms with E-state index in [1.165, 1.54) is 23.9 Å². The molecule has 0 saturated carbocycles. The van der Waals surface area contributed by atoms with Gasteiger partial charge >= 0.3 is 6.18 Å². The molecule has 0 spiro atoms. The minimum absolute atomic E-state index is 0.0128. The normalized spacial score (nSPS) is 12.2. The Kier molecular flexibility index (Phi) is 3.36. The highest BCUT2D eigenvalue weighted by Gasteiger charge is 2.37. The number of pyridine rings is 1. The van der Waals surface area contributed by atoms with Crippen molar-refractivity contribution < 1.29 is 17.9 Å². The average molecular weight is 368 g/mol. The topological polar surface area (TPSA) is 57.2 Å². The van der Waals surface area contributed by atoms with Gasteiger partial charge in [-0.1, -0.05) is 23.7 Å². The van der Waals surface area contributed by atoms with Crippen molar-refractivity contribution in [3.8, 4) is 11.6 Å². The van der Waals surface area contributed by atoms with Gasteiger partial charge in [0.1, 0.15) is 0 Å². The Morgan fingerprint density at radius 3 is 2.68 bits per heavy atom. The quantitative estimate of drug-likeness (QED) is 0.541. The monoisotopic (exact) mass is 367 g/mol. The summed E-state index contributed by atoms with van der Waals surface area (Å²) in [6.07, 6.45) is -3.11. The molecule has 0 atom stereocenters. The van der Waals surface area contributed by atoms with Gasteiger partial charge in [0, 0.05) is 5.39 Å². The van der Waals surface area contributed by atoms with Gasteiger partial charge in [-0.15, -0.1) is 5.10 Å². The summed E-state index contributed by atoms with van der Waals surface area (Å²) in [6.45, 7) is 0. The summed E-state index contributed by atoms with van der Waals surface area (Å²) >= 11 is 6.25. The fourth-order valence-electron chi connectivity index (χ4n) is 2.59. The number of aromatic nitrogens is 5. The Labute approximate surface area is 143 Å². The van der Waals surface area contributed by atoms with E-state index in [0.29, 0.717) is 10.5 Å². The van der Waals surface area contributed by atoms with E-state index in [2.05, 4.69) is 15.2 Å². The number of fused-ring (bicyclic) bond motifs is 2. The minimum Gasteiger partial charge on any atom is -0.493 e. The van der Waals surface area contributed by atoms with Crippen LogP contribution in [0.2, 0.25) is 5.02 Å². The van der Waals surface area contributed by atoms with Crippen molar-refractivity contribution in [3.63, 3.8) is 0 Å². The Hall–Kier alpha value is -2.81. The first-order valence-corrected chi connectivity index (χ1v) is 7.41. The second-order valence-corrected chi connectivity index (χ2v) is 5.57. The van der Waals surface area contributed by atoms with Gasteiger partial charge in [0.05, 0.1) is 23.8 Å². The van der Waals surface area contributed by atoms with Crippen LogP contribution in [0, 0.1) is 0 Å². The molecule has 0 radical (unpaired) electrons. The van der Waals surface area contributed by atoms with Gasteiger partial charge in [0.25, 0.3) is 5.82 Å². The van der Waals surface area contributed by atoms with Crippen LogP contribution < -0.4 is 4.74 Å². The highest BCUT2D eigenvalue weighted by atomic mass is 35.5. The van der Waals surface area contributed by atoms with Crippen molar-refractivity contribution in [3.05, 3.63) is 47.4 Å². The Bertz CT molecular complexity index is 1100. The molecule has 25 heavy (non-hydrogen) atoms. The van der Waals surface area contributed by atoms with E-state index in [1.54, 1.807) is 24.4 Å². The second kappa shape index (κ2) is 5.35. The number of hydrogen-bond acceptors (Lipinski definition) is 4. The van der Waals surface area contributed by atoms with Crippen molar-refractivity contribution in [1.29, 1.82) is 0 Å². The van der Waals surface area contributed by atoms with Gasteiger partial charge in [-0.3, -0.25) is 0 Å². The summed E-state index contributed by atoms with van der Waals surface area (Å²) in [4.78, 5) is 3.53. The molecular formula is C15H9ClF3N5O. The zero-order valence-electron chi connectivity index (χ0n) is 12.6. The highest BCUT2D eigenvalue weighted by Crippen LogP contribution is 2.32. The summed E-state index contributed by atoms with van der Waals surface area (Å²) in [5.74, 6) is -0.799. The zero-order valence-corrected chi connectivity index (χ0v) is 13.4. The molecular weight excluding hydrogens is 359 g/mol. The standard InChI is InChI=1S/C15H9ClF3N5O/c1-25-10-5-6-11-21-14(15(17,18)19)22-23(11)13(10)24-12-8(7-20-24)3-2-4-9(12)16/h2-7H,1H3. The lowest BCUT2D eigenvalue weighted by atomic mass is 10.2. The number of methoxy groups -OCH3 is 1. The van der Waals surface area contributed by atoms with Crippen LogP contribution in [0.5, 0.6) is 5.75 Å². The SMILES string of the molecule is COc1ccc2nc(C(F)(F)F)nn2c1-n1ncc2cccc(Cl)c21. The van der Waals surface area contributed by atoms with E-state index in [-0.39, 0.29) is 17.2 Å². The molecule has 0 unspecified atom stereocenters. The lowest BCUT2D eigenvalue weighted by Crippen LogP contribution is -2.10. The number of hydrogen-bond donors (Lipinski definition) is 0. The van der Waals surface area contributed by atoms with Crippen LogP contribution in [-0.2, 0) is 6.18 Å². The van der Waals surface area contributed by atoms with Gasteiger partial charge in [0.2, 0.25) is 0 Å². The van der Waals surface area contributed by atoms with Gasteiger partial charge in [-0.05, 0) is 18.2 Å². The van der Waals surface area contributed by atoms with E-state index in [9.17, 15) is 13.2 Å². The predicted octanol–water partition coefficient (Wildman–Crippen LogP) is 3.75.